The van der Waals surface area contributed by atoms with Crippen LogP contribution in [0.4, 0.5) is 5.69 Å². The number of hydrogen-bond acceptors (Lipinski definition) is 11. The Morgan fingerprint density at radius 3 is 2.36 bits per heavy atom. The monoisotopic (exact) mass is 606 g/mol. The molecule has 3 aromatic rings. The molecule has 1 amide bonds. The first-order chi connectivity index (χ1) is 21.4. The van der Waals surface area contributed by atoms with Crippen LogP contribution in [0.1, 0.15) is 47.9 Å². The van der Waals surface area contributed by atoms with E-state index in [0.717, 1.165) is 22.4 Å². The Labute approximate surface area is 253 Å². The largest absolute Gasteiger partial charge is 0.502 e. The minimum Gasteiger partial charge on any atom is -0.502 e. The van der Waals surface area contributed by atoms with E-state index in [2.05, 4.69) is 5.32 Å². The van der Waals surface area contributed by atoms with Crippen LogP contribution in [-0.4, -0.2) is 56.4 Å². The van der Waals surface area contributed by atoms with Crippen molar-refractivity contribution in [2.45, 2.75) is 31.2 Å². The van der Waals surface area contributed by atoms with Gasteiger partial charge in [-0.25, -0.2) is 5.48 Å². The highest BCUT2D eigenvalue weighted by atomic mass is 16.7. The minimum absolute atomic E-state index is 0.0907. The van der Waals surface area contributed by atoms with E-state index in [1.54, 1.807) is 17.6 Å². The van der Waals surface area contributed by atoms with Crippen molar-refractivity contribution in [1.82, 2.24) is 5.48 Å². The fourth-order valence-electron chi connectivity index (χ4n) is 6.35. The molecule has 3 aromatic carbocycles. The molecule has 0 radical (unpaired) electrons. The van der Waals surface area contributed by atoms with Gasteiger partial charge in [0.2, 0.25) is 18.4 Å². The third-order valence-electron chi connectivity index (χ3n) is 8.43. The topological polar surface area (TPSA) is 154 Å². The van der Waals surface area contributed by atoms with Crippen molar-refractivity contribution < 1.29 is 48.3 Å². The van der Waals surface area contributed by atoms with Crippen LogP contribution in [0.2, 0.25) is 0 Å². The van der Waals surface area contributed by atoms with Crippen molar-refractivity contribution in [2.75, 3.05) is 39.5 Å². The van der Waals surface area contributed by atoms with Gasteiger partial charge in [-0.2, -0.15) is 0 Å². The lowest BCUT2D eigenvalue weighted by Gasteiger charge is -2.40. The quantitative estimate of drug-likeness (QED) is 0.107. The first kappa shape index (κ1) is 29.2. The van der Waals surface area contributed by atoms with Crippen molar-refractivity contribution in [3.05, 3.63) is 65.2 Å². The third-order valence-corrected chi connectivity index (χ3v) is 8.43. The second-order valence-electron chi connectivity index (χ2n) is 10.9. The Bertz CT molecular complexity index is 1530. The molecule has 0 spiro atoms. The number of hydroxylamine groups is 1. The first-order valence-electron chi connectivity index (χ1n) is 14.4. The molecule has 232 valence electrons. The number of benzene rings is 3. The summed E-state index contributed by atoms with van der Waals surface area (Å²) in [5.41, 5.74) is 4.86. The molecular formula is C32H34N2O10. The van der Waals surface area contributed by atoms with E-state index in [1.165, 1.54) is 14.2 Å². The number of phenolic OH excluding ortho intramolecular Hbond substituents is 1. The summed E-state index contributed by atoms with van der Waals surface area (Å²) in [7, 11) is 2.92. The summed E-state index contributed by atoms with van der Waals surface area (Å²) in [6.07, 6.45) is 1.38. The summed E-state index contributed by atoms with van der Waals surface area (Å²) in [6, 6.07) is 14.5. The van der Waals surface area contributed by atoms with Gasteiger partial charge < -0.3 is 38.8 Å². The summed E-state index contributed by atoms with van der Waals surface area (Å²) in [5.74, 6) is 0.0959. The average molecular weight is 607 g/mol. The number of phenols is 1. The van der Waals surface area contributed by atoms with Gasteiger partial charge >= 0.3 is 5.97 Å². The summed E-state index contributed by atoms with van der Waals surface area (Å²) in [6.45, 7) is 0.665. The van der Waals surface area contributed by atoms with Gasteiger partial charge in [0.1, 0.15) is 5.75 Å². The van der Waals surface area contributed by atoms with Crippen molar-refractivity contribution in [2.24, 2.45) is 11.8 Å². The van der Waals surface area contributed by atoms with Crippen molar-refractivity contribution >= 4 is 17.6 Å². The number of amides is 1. The minimum atomic E-state index is -0.565. The maximum atomic E-state index is 13.5. The number of carbonyl (C=O) groups is 2. The number of anilines is 1. The third kappa shape index (κ3) is 5.37. The maximum Gasteiger partial charge on any atom is 0.310 e. The molecule has 44 heavy (non-hydrogen) atoms. The molecule has 1 fully saturated rings. The van der Waals surface area contributed by atoms with E-state index in [0.29, 0.717) is 36.7 Å². The van der Waals surface area contributed by atoms with E-state index in [1.807, 2.05) is 36.4 Å². The van der Waals surface area contributed by atoms with Gasteiger partial charge in [-0.05, 0) is 65.9 Å². The number of rotatable bonds is 11. The zero-order valence-electron chi connectivity index (χ0n) is 24.3. The number of fused-ring (bicyclic) bond motifs is 3. The van der Waals surface area contributed by atoms with Crippen LogP contribution in [0.25, 0.3) is 0 Å². The number of carbonyl (C=O) groups excluding carboxylic acids is 2. The Hall–Kier alpha value is -4.84. The molecule has 0 aromatic heterocycles. The van der Waals surface area contributed by atoms with Crippen LogP contribution in [-0.2, 0) is 14.3 Å². The number of esters is 1. The standard InChI is InChI=1S/C32H34N2O10/c1-39-25-11-17(12-26(40-2)31(25)36)28-18-13-23-24(44-16-43-23)14-19(18)30(20-15-42-32(37)29(20)28)33-21-7-3-4-8-22(21)41-10-6-5-9-27(35)34-38/h3-4,7-8,11-14,20,28-30,33,36,38H,5-6,9-10,15-16H2,1-2H3,(H,34,35)/t20-,28+,29-,30+/m0/s1. The maximum absolute atomic E-state index is 13.5. The molecule has 6 rings (SSSR count). The van der Waals surface area contributed by atoms with E-state index >= 15 is 0 Å². The van der Waals surface area contributed by atoms with Gasteiger partial charge in [-0.1, -0.05) is 12.1 Å². The number of hydrogen-bond donors (Lipinski definition) is 4. The molecule has 1 saturated heterocycles. The fraction of sp³-hybridized carbons (Fsp3) is 0.375. The number of cyclic esters (lactones) is 1. The van der Waals surface area contributed by atoms with Gasteiger partial charge in [0, 0.05) is 18.3 Å². The molecule has 0 saturated carbocycles. The normalized spacial score (nSPS) is 21.1. The van der Waals surface area contributed by atoms with Crippen LogP contribution in [0, 0.1) is 11.8 Å². The molecular weight excluding hydrogens is 572 g/mol. The Kier molecular flexibility index (Phi) is 8.25. The zero-order chi connectivity index (χ0) is 30.8. The van der Waals surface area contributed by atoms with E-state index < -0.39 is 17.7 Å². The van der Waals surface area contributed by atoms with Crippen LogP contribution in [0.15, 0.2) is 48.5 Å². The predicted molar refractivity (Wildman–Crippen MR) is 156 cm³/mol. The Balaban J connectivity index is 1.38. The molecule has 3 aliphatic rings. The van der Waals surface area contributed by atoms with Gasteiger partial charge in [0.25, 0.3) is 0 Å². The van der Waals surface area contributed by atoms with Crippen molar-refractivity contribution in [1.29, 1.82) is 0 Å². The lowest BCUT2D eigenvalue weighted by atomic mass is 9.65. The molecule has 2 aliphatic heterocycles. The average Bonchev–Trinajstić information content (AvgIpc) is 3.66. The second kappa shape index (κ2) is 12.4. The highest BCUT2D eigenvalue weighted by molar-refractivity contribution is 5.79. The lowest BCUT2D eigenvalue weighted by molar-refractivity contribution is -0.141. The Morgan fingerprint density at radius 2 is 1.66 bits per heavy atom. The molecule has 0 bridgehead atoms. The molecule has 4 N–H and O–H groups in total. The van der Waals surface area contributed by atoms with Crippen LogP contribution < -0.4 is 34.5 Å². The molecule has 0 unspecified atom stereocenters. The van der Waals surface area contributed by atoms with Crippen LogP contribution >= 0.6 is 0 Å². The molecule has 12 heteroatoms. The molecule has 12 nitrogen and oxygen atoms in total. The van der Waals surface area contributed by atoms with Crippen molar-refractivity contribution in [3.63, 3.8) is 0 Å². The summed E-state index contributed by atoms with van der Waals surface area (Å²) >= 11 is 0. The summed E-state index contributed by atoms with van der Waals surface area (Å²) in [4.78, 5) is 24.8. The van der Waals surface area contributed by atoms with E-state index in [-0.39, 0.29) is 55.0 Å². The van der Waals surface area contributed by atoms with Crippen molar-refractivity contribution in [3.8, 4) is 34.5 Å². The number of ether oxygens (including phenoxy) is 6. The highest BCUT2D eigenvalue weighted by Crippen LogP contribution is 2.56. The van der Waals surface area contributed by atoms with Crippen LogP contribution in [0.3, 0.4) is 0 Å². The van der Waals surface area contributed by atoms with E-state index in [4.69, 9.17) is 33.6 Å². The number of unbranched alkanes of at least 4 members (excludes halogenated alkanes) is 1. The molecule has 2 heterocycles. The number of methoxy groups -OCH3 is 2. The zero-order valence-corrected chi connectivity index (χ0v) is 24.3. The van der Waals surface area contributed by atoms with Crippen LogP contribution in [0.5, 0.6) is 34.5 Å². The lowest BCUT2D eigenvalue weighted by Crippen LogP contribution is -2.37. The van der Waals surface area contributed by atoms with Gasteiger partial charge in [0.05, 0.1) is 45.1 Å². The second-order valence-corrected chi connectivity index (χ2v) is 10.9. The molecule has 4 atom stereocenters. The van der Waals surface area contributed by atoms with E-state index in [9.17, 15) is 14.7 Å². The smallest absolute Gasteiger partial charge is 0.310 e. The predicted octanol–water partition coefficient (Wildman–Crippen LogP) is 4.28. The number of nitrogens with one attached hydrogen (secondary N) is 2. The van der Waals surface area contributed by atoms with Gasteiger partial charge in [-0.15, -0.1) is 0 Å². The fourth-order valence-corrected chi connectivity index (χ4v) is 6.35. The first-order valence-corrected chi connectivity index (χ1v) is 14.4. The summed E-state index contributed by atoms with van der Waals surface area (Å²) < 4.78 is 34.2. The molecule has 1 aliphatic carbocycles. The van der Waals surface area contributed by atoms with Gasteiger partial charge in [-0.3, -0.25) is 14.8 Å². The number of para-hydroxylation sites is 2. The summed E-state index contributed by atoms with van der Waals surface area (Å²) in [5, 5.41) is 22.9. The number of aromatic hydroxyl groups is 1. The van der Waals surface area contributed by atoms with Gasteiger partial charge in [0.15, 0.2) is 23.0 Å². The SMILES string of the molecule is COc1cc([C@@H]2c3cc4c(cc3[C@@H](Nc3ccccc3OCCCCC(=O)NO)[C@H]3COC(=O)[C@H]23)OCO4)cc(OC)c1O. The highest BCUT2D eigenvalue weighted by Gasteiger charge is 2.53. The Morgan fingerprint density at radius 1 is 0.955 bits per heavy atom.